The van der Waals surface area contributed by atoms with Crippen LogP contribution in [0.4, 0.5) is 0 Å². The van der Waals surface area contributed by atoms with E-state index in [1.807, 2.05) is 26.0 Å². The molecule has 0 saturated carbocycles. The fourth-order valence-electron chi connectivity index (χ4n) is 1.89. The molecular weight excluding hydrogens is 228 g/mol. The lowest BCUT2D eigenvalue weighted by Gasteiger charge is -2.14. The molecule has 1 unspecified atom stereocenters. The molecule has 1 heterocycles. The molecule has 1 aromatic carbocycles. The number of aromatic nitrogens is 1. The van der Waals surface area contributed by atoms with Crippen molar-refractivity contribution in [1.82, 2.24) is 10.5 Å². The van der Waals surface area contributed by atoms with Gasteiger partial charge in [-0.05, 0) is 38.5 Å². The summed E-state index contributed by atoms with van der Waals surface area (Å²) in [5.41, 5.74) is 3.18. The van der Waals surface area contributed by atoms with Crippen molar-refractivity contribution in [3.63, 3.8) is 0 Å². The number of phenols is 1. The van der Waals surface area contributed by atoms with E-state index in [2.05, 4.69) is 17.4 Å². The Labute approximate surface area is 107 Å². The molecule has 0 amide bonds. The number of rotatable bonds is 4. The molecule has 0 bridgehead atoms. The predicted octanol–water partition coefficient (Wildman–Crippen LogP) is 2.85. The molecule has 2 aromatic rings. The topological polar surface area (TPSA) is 58.3 Å². The van der Waals surface area contributed by atoms with Gasteiger partial charge in [0, 0.05) is 18.2 Å². The first-order valence-corrected chi connectivity index (χ1v) is 6.02. The summed E-state index contributed by atoms with van der Waals surface area (Å²) in [6.45, 7) is 6.68. The first-order chi connectivity index (χ1) is 8.58. The Kier molecular flexibility index (Phi) is 3.67. The van der Waals surface area contributed by atoms with Gasteiger partial charge in [-0.3, -0.25) is 0 Å². The minimum Gasteiger partial charge on any atom is -0.508 e. The van der Waals surface area contributed by atoms with E-state index in [1.54, 1.807) is 12.1 Å². The molecule has 1 aromatic heterocycles. The standard InChI is InChI=1S/C14H18N2O2/c1-9(12-4-6-13(17)7-5-12)15-8-14-10(2)16-18-11(14)3/h4-7,9,15,17H,8H2,1-3H3. The number of phenolic OH excluding ortho intramolecular Hbond substituents is 1. The smallest absolute Gasteiger partial charge is 0.138 e. The van der Waals surface area contributed by atoms with Crippen LogP contribution in [0.15, 0.2) is 28.8 Å². The molecule has 0 saturated heterocycles. The van der Waals surface area contributed by atoms with E-state index in [9.17, 15) is 5.11 Å². The highest BCUT2D eigenvalue weighted by Gasteiger charge is 2.11. The minimum atomic E-state index is 0.208. The number of aryl methyl sites for hydroxylation is 2. The van der Waals surface area contributed by atoms with Gasteiger partial charge in [0.25, 0.3) is 0 Å². The summed E-state index contributed by atoms with van der Waals surface area (Å²) in [4.78, 5) is 0. The molecule has 2 rings (SSSR count). The van der Waals surface area contributed by atoms with Crippen LogP contribution in [0.5, 0.6) is 5.75 Å². The predicted molar refractivity (Wildman–Crippen MR) is 69.3 cm³/mol. The quantitative estimate of drug-likeness (QED) is 0.871. The second-order valence-corrected chi connectivity index (χ2v) is 4.50. The summed E-state index contributed by atoms with van der Waals surface area (Å²) in [5.74, 6) is 1.15. The van der Waals surface area contributed by atoms with E-state index in [1.165, 1.54) is 0 Å². The Hall–Kier alpha value is -1.81. The van der Waals surface area contributed by atoms with Gasteiger partial charge in [0.1, 0.15) is 11.5 Å². The molecule has 0 spiro atoms. The minimum absolute atomic E-state index is 0.208. The number of nitrogens with one attached hydrogen (secondary N) is 1. The second kappa shape index (κ2) is 5.23. The van der Waals surface area contributed by atoms with Crippen molar-refractivity contribution in [2.24, 2.45) is 0 Å². The van der Waals surface area contributed by atoms with Crippen molar-refractivity contribution in [3.8, 4) is 5.75 Å². The van der Waals surface area contributed by atoms with Crippen LogP contribution in [0, 0.1) is 13.8 Å². The summed E-state index contributed by atoms with van der Waals surface area (Å²) < 4.78 is 5.13. The van der Waals surface area contributed by atoms with Crippen LogP contribution >= 0.6 is 0 Å². The number of hydrogen-bond donors (Lipinski definition) is 2. The lowest BCUT2D eigenvalue weighted by molar-refractivity contribution is 0.391. The van der Waals surface area contributed by atoms with Crippen molar-refractivity contribution >= 4 is 0 Å². The highest BCUT2D eigenvalue weighted by atomic mass is 16.5. The van der Waals surface area contributed by atoms with Crippen molar-refractivity contribution in [2.45, 2.75) is 33.4 Å². The Morgan fingerprint density at radius 2 is 1.94 bits per heavy atom. The molecule has 96 valence electrons. The third-order valence-corrected chi connectivity index (χ3v) is 3.16. The normalized spacial score (nSPS) is 12.6. The maximum absolute atomic E-state index is 9.25. The lowest BCUT2D eigenvalue weighted by atomic mass is 10.1. The molecule has 2 N–H and O–H groups in total. The Balaban J connectivity index is 2.00. The largest absolute Gasteiger partial charge is 0.508 e. The van der Waals surface area contributed by atoms with Crippen LogP contribution < -0.4 is 5.32 Å². The highest BCUT2D eigenvalue weighted by Crippen LogP contribution is 2.18. The van der Waals surface area contributed by atoms with Crippen LogP contribution in [-0.2, 0) is 6.54 Å². The van der Waals surface area contributed by atoms with Crippen LogP contribution in [-0.4, -0.2) is 10.3 Å². The van der Waals surface area contributed by atoms with Gasteiger partial charge in [-0.2, -0.15) is 0 Å². The molecule has 1 atom stereocenters. The van der Waals surface area contributed by atoms with Crippen LogP contribution in [0.1, 0.15) is 35.5 Å². The van der Waals surface area contributed by atoms with Crippen molar-refractivity contribution in [1.29, 1.82) is 0 Å². The molecule has 0 radical (unpaired) electrons. The van der Waals surface area contributed by atoms with Crippen molar-refractivity contribution < 1.29 is 9.63 Å². The average molecular weight is 246 g/mol. The lowest BCUT2D eigenvalue weighted by Crippen LogP contribution is -2.18. The zero-order chi connectivity index (χ0) is 13.1. The Bertz CT molecular complexity index is 498. The van der Waals surface area contributed by atoms with E-state index in [0.717, 1.165) is 29.1 Å². The monoisotopic (exact) mass is 246 g/mol. The summed E-state index contributed by atoms with van der Waals surface area (Å²) in [7, 11) is 0. The Morgan fingerprint density at radius 1 is 1.28 bits per heavy atom. The van der Waals surface area contributed by atoms with Crippen molar-refractivity contribution in [3.05, 3.63) is 46.8 Å². The second-order valence-electron chi connectivity index (χ2n) is 4.50. The summed E-state index contributed by atoms with van der Waals surface area (Å²) in [6, 6.07) is 7.44. The zero-order valence-electron chi connectivity index (χ0n) is 10.9. The van der Waals surface area contributed by atoms with E-state index in [4.69, 9.17) is 4.52 Å². The summed E-state index contributed by atoms with van der Waals surface area (Å²) in [6.07, 6.45) is 0. The molecule has 0 aliphatic carbocycles. The number of aromatic hydroxyl groups is 1. The fraction of sp³-hybridized carbons (Fsp3) is 0.357. The van der Waals surface area contributed by atoms with Gasteiger partial charge in [-0.1, -0.05) is 17.3 Å². The van der Waals surface area contributed by atoms with E-state index in [0.29, 0.717) is 0 Å². The molecule has 0 fully saturated rings. The van der Waals surface area contributed by atoms with Gasteiger partial charge >= 0.3 is 0 Å². The van der Waals surface area contributed by atoms with E-state index >= 15 is 0 Å². The first-order valence-electron chi connectivity index (χ1n) is 6.02. The molecule has 18 heavy (non-hydrogen) atoms. The molecule has 4 heteroatoms. The van der Waals surface area contributed by atoms with Gasteiger partial charge in [-0.15, -0.1) is 0 Å². The number of benzene rings is 1. The average Bonchev–Trinajstić information content (AvgIpc) is 2.67. The number of nitrogens with zero attached hydrogens (tertiary/aromatic N) is 1. The van der Waals surface area contributed by atoms with Gasteiger partial charge in [0.05, 0.1) is 5.69 Å². The SMILES string of the molecule is Cc1noc(C)c1CNC(C)c1ccc(O)cc1. The third kappa shape index (κ3) is 2.71. The van der Waals surface area contributed by atoms with Gasteiger partial charge in [0.2, 0.25) is 0 Å². The van der Waals surface area contributed by atoms with Gasteiger partial charge in [-0.25, -0.2) is 0 Å². The molecular formula is C14H18N2O2. The van der Waals surface area contributed by atoms with Crippen LogP contribution in [0.25, 0.3) is 0 Å². The third-order valence-electron chi connectivity index (χ3n) is 3.16. The fourth-order valence-corrected chi connectivity index (χ4v) is 1.89. The summed E-state index contributed by atoms with van der Waals surface area (Å²) in [5, 5.41) is 16.6. The van der Waals surface area contributed by atoms with Crippen LogP contribution in [0.2, 0.25) is 0 Å². The highest BCUT2D eigenvalue weighted by molar-refractivity contribution is 5.28. The van der Waals surface area contributed by atoms with E-state index < -0.39 is 0 Å². The van der Waals surface area contributed by atoms with Crippen molar-refractivity contribution in [2.75, 3.05) is 0 Å². The molecule has 0 aliphatic heterocycles. The summed E-state index contributed by atoms with van der Waals surface area (Å²) >= 11 is 0. The van der Waals surface area contributed by atoms with E-state index in [-0.39, 0.29) is 11.8 Å². The van der Waals surface area contributed by atoms with Gasteiger partial charge in [0.15, 0.2) is 0 Å². The maximum Gasteiger partial charge on any atom is 0.138 e. The maximum atomic E-state index is 9.25. The number of hydrogen-bond acceptors (Lipinski definition) is 4. The first kappa shape index (κ1) is 12.6. The molecule has 0 aliphatic rings. The Morgan fingerprint density at radius 3 is 2.50 bits per heavy atom. The van der Waals surface area contributed by atoms with Gasteiger partial charge < -0.3 is 14.9 Å². The van der Waals surface area contributed by atoms with Crippen LogP contribution in [0.3, 0.4) is 0 Å². The zero-order valence-corrected chi connectivity index (χ0v) is 10.9. The molecule has 4 nitrogen and oxygen atoms in total.